The normalized spacial score (nSPS) is 12.6. The second kappa shape index (κ2) is 9.48. The predicted molar refractivity (Wildman–Crippen MR) is 122 cm³/mol. The number of carbonyl (C=O) groups excluding carboxylic acids is 3. The lowest BCUT2D eigenvalue weighted by molar-refractivity contribution is -0.118. The number of anilines is 1. The maximum atomic E-state index is 13.1. The molecule has 0 aliphatic rings. The Morgan fingerprint density at radius 3 is 1.81 bits per heavy atom. The first-order valence-electron chi connectivity index (χ1n) is 10.3. The number of nitrogens with zero attached hydrogens (tertiary/aromatic N) is 2. The minimum atomic E-state index is -1.02. The quantitative estimate of drug-likeness (QED) is 0.709. The van der Waals surface area contributed by atoms with Crippen molar-refractivity contribution < 1.29 is 23.9 Å². The van der Waals surface area contributed by atoms with Crippen molar-refractivity contribution in [2.45, 2.75) is 65.7 Å². The molecule has 2 aromatic rings. The van der Waals surface area contributed by atoms with Gasteiger partial charge >= 0.3 is 12.2 Å². The number of carbonyl (C=O) groups is 3. The van der Waals surface area contributed by atoms with Crippen molar-refractivity contribution in [1.82, 2.24) is 4.98 Å². The van der Waals surface area contributed by atoms with Gasteiger partial charge in [0.05, 0.1) is 5.69 Å². The Labute approximate surface area is 188 Å². The van der Waals surface area contributed by atoms with Crippen LogP contribution in [0.15, 0.2) is 42.5 Å². The van der Waals surface area contributed by atoms with E-state index in [-0.39, 0.29) is 17.3 Å². The minimum absolute atomic E-state index is 0.0334. The summed E-state index contributed by atoms with van der Waals surface area (Å²) < 4.78 is 11.0. The van der Waals surface area contributed by atoms with E-state index >= 15 is 0 Å². The SMILES string of the molecule is CC(=O)C(N)c1ccc(-c2ccccc2)c(N(C(=O)OC(C)(C)C)C(=O)OC(C)(C)C)n1. The predicted octanol–water partition coefficient (Wildman–Crippen LogP) is 5.01. The summed E-state index contributed by atoms with van der Waals surface area (Å²) in [6.07, 6.45) is -1.91. The van der Waals surface area contributed by atoms with E-state index in [9.17, 15) is 14.4 Å². The van der Waals surface area contributed by atoms with Crippen LogP contribution >= 0.6 is 0 Å². The topological polar surface area (TPSA) is 112 Å². The molecule has 1 heterocycles. The third-order valence-electron chi connectivity index (χ3n) is 4.10. The van der Waals surface area contributed by atoms with E-state index in [1.165, 1.54) is 6.92 Å². The van der Waals surface area contributed by atoms with E-state index in [0.717, 1.165) is 4.90 Å². The first-order chi connectivity index (χ1) is 14.7. The Balaban J connectivity index is 2.74. The van der Waals surface area contributed by atoms with Crippen LogP contribution in [0.2, 0.25) is 0 Å². The van der Waals surface area contributed by atoms with Gasteiger partial charge in [-0.2, -0.15) is 4.90 Å². The summed E-state index contributed by atoms with van der Waals surface area (Å²) in [6.45, 7) is 11.5. The fourth-order valence-electron chi connectivity index (χ4n) is 2.72. The fourth-order valence-corrected chi connectivity index (χ4v) is 2.72. The molecule has 0 aliphatic carbocycles. The van der Waals surface area contributed by atoms with Crippen molar-refractivity contribution in [1.29, 1.82) is 0 Å². The molecule has 8 nitrogen and oxygen atoms in total. The molecule has 1 aromatic heterocycles. The highest BCUT2D eigenvalue weighted by atomic mass is 16.6. The Kier molecular flexibility index (Phi) is 7.41. The molecule has 0 bridgehead atoms. The molecular formula is C24H31N3O5. The van der Waals surface area contributed by atoms with Crippen LogP contribution in [0.4, 0.5) is 15.4 Å². The Morgan fingerprint density at radius 2 is 1.38 bits per heavy atom. The summed E-state index contributed by atoms with van der Waals surface area (Å²) in [7, 11) is 0. The number of Topliss-reactive ketones (excluding diaryl/α,β-unsaturated/α-hetero) is 1. The number of ketones is 1. The van der Waals surface area contributed by atoms with Gasteiger partial charge in [-0.3, -0.25) is 4.79 Å². The number of amides is 2. The second-order valence-corrected chi connectivity index (χ2v) is 9.36. The Hall–Kier alpha value is -3.26. The van der Waals surface area contributed by atoms with Crippen molar-refractivity contribution in [3.05, 3.63) is 48.2 Å². The summed E-state index contributed by atoms with van der Waals surface area (Å²) in [5.74, 6) is -0.342. The second-order valence-electron chi connectivity index (χ2n) is 9.36. The van der Waals surface area contributed by atoms with Gasteiger partial charge in [0.15, 0.2) is 11.6 Å². The molecule has 2 amide bonds. The third kappa shape index (κ3) is 6.62. The van der Waals surface area contributed by atoms with Crippen LogP contribution in [0, 0.1) is 0 Å². The number of rotatable bonds is 4. The number of hydrogen-bond acceptors (Lipinski definition) is 7. The molecule has 0 saturated heterocycles. The Morgan fingerprint density at radius 1 is 0.875 bits per heavy atom. The van der Waals surface area contributed by atoms with Crippen LogP contribution in [-0.4, -0.2) is 34.2 Å². The molecule has 1 unspecified atom stereocenters. The number of ether oxygens (including phenoxy) is 2. The Bertz CT molecular complexity index is 963. The zero-order valence-electron chi connectivity index (χ0n) is 19.6. The monoisotopic (exact) mass is 441 g/mol. The van der Waals surface area contributed by atoms with Gasteiger partial charge in [-0.1, -0.05) is 30.3 Å². The van der Waals surface area contributed by atoms with E-state index in [4.69, 9.17) is 15.2 Å². The van der Waals surface area contributed by atoms with Gasteiger partial charge in [0, 0.05) is 5.56 Å². The highest BCUT2D eigenvalue weighted by Crippen LogP contribution is 2.32. The van der Waals surface area contributed by atoms with Gasteiger partial charge in [-0.05, 0) is 66.2 Å². The zero-order valence-corrected chi connectivity index (χ0v) is 19.6. The van der Waals surface area contributed by atoms with Crippen LogP contribution in [0.25, 0.3) is 11.1 Å². The first kappa shape index (κ1) is 25.0. The summed E-state index contributed by atoms with van der Waals surface area (Å²) in [5, 5.41) is 0. The van der Waals surface area contributed by atoms with E-state index in [1.54, 1.807) is 53.7 Å². The van der Waals surface area contributed by atoms with Gasteiger partial charge in [-0.25, -0.2) is 14.6 Å². The van der Waals surface area contributed by atoms with Crippen molar-refractivity contribution in [2.24, 2.45) is 5.73 Å². The molecule has 0 spiro atoms. The molecule has 1 atom stereocenters. The highest BCUT2D eigenvalue weighted by Gasteiger charge is 2.35. The van der Waals surface area contributed by atoms with Crippen molar-refractivity contribution in [2.75, 3.05) is 4.90 Å². The van der Waals surface area contributed by atoms with Gasteiger partial charge in [0.25, 0.3) is 0 Å². The molecule has 1 aromatic carbocycles. The molecule has 0 radical (unpaired) electrons. The smallest absolute Gasteiger partial charge is 0.425 e. The molecular weight excluding hydrogens is 410 g/mol. The average Bonchev–Trinajstić information content (AvgIpc) is 2.65. The van der Waals surface area contributed by atoms with Gasteiger partial charge in [-0.15, -0.1) is 0 Å². The lowest BCUT2D eigenvalue weighted by atomic mass is 10.0. The number of nitrogens with two attached hydrogens (primary N) is 1. The molecule has 8 heteroatoms. The van der Waals surface area contributed by atoms with Crippen LogP contribution in [0.5, 0.6) is 0 Å². The summed E-state index contributed by atoms with van der Waals surface area (Å²) >= 11 is 0. The number of hydrogen-bond donors (Lipinski definition) is 1. The van der Waals surface area contributed by atoms with Crippen LogP contribution in [0.3, 0.4) is 0 Å². The van der Waals surface area contributed by atoms with E-state index in [0.29, 0.717) is 11.1 Å². The maximum Gasteiger partial charge on any atom is 0.425 e. The van der Waals surface area contributed by atoms with Crippen LogP contribution in [-0.2, 0) is 14.3 Å². The molecule has 2 rings (SSSR count). The van der Waals surface area contributed by atoms with E-state index in [1.807, 2.05) is 30.3 Å². The fraction of sp³-hybridized carbons (Fsp3) is 0.417. The van der Waals surface area contributed by atoms with Crippen molar-refractivity contribution in [3.63, 3.8) is 0 Å². The molecule has 0 fully saturated rings. The lowest BCUT2D eigenvalue weighted by Crippen LogP contribution is -2.44. The summed E-state index contributed by atoms with van der Waals surface area (Å²) in [4.78, 5) is 43.4. The van der Waals surface area contributed by atoms with E-state index < -0.39 is 29.4 Å². The number of imide groups is 1. The molecule has 0 saturated carbocycles. The van der Waals surface area contributed by atoms with Gasteiger partial charge in [0.1, 0.15) is 17.2 Å². The molecule has 2 N–H and O–H groups in total. The van der Waals surface area contributed by atoms with Gasteiger partial charge < -0.3 is 15.2 Å². The average molecular weight is 442 g/mol. The number of pyridine rings is 1. The highest BCUT2D eigenvalue weighted by molar-refractivity contribution is 6.11. The largest absolute Gasteiger partial charge is 0.443 e. The zero-order chi connectivity index (χ0) is 24.3. The number of benzene rings is 1. The summed E-state index contributed by atoms with van der Waals surface area (Å²) in [6, 6.07) is 11.4. The van der Waals surface area contributed by atoms with E-state index in [2.05, 4.69) is 4.98 Å². The van der Waals surface area contributed by atoms with Crippen molar-refractivity contribution in [3.8, 4) is 11.1 Å². The molecule has 0 aliphatic heterocycles. The maximum absolute atomic E-state index is 13.1. The first-order valence-corrected chi connectivity index (χ1v) is 10.3. The minimum Gasteiger partial charge on any atom is -0.443 e. The summed E-state index contributed by atoms with van der Waals surface area (Å²) in [5.41, 5.74) is 5.62. The standard InChI is InChI=1S/C24H31N3O5/c1-15(28)19(25)18-14-13-17(16-11-9-8-10-12-16)20(26-18)27(21(29)31-23(2,3)4)22(30)32-24(5,6)7/h8-14,19H,25H2,1-7H3. The number of aromatic nitrogens is 1. The van der Waals surface area contributed by atoms with Crippen LogP contribution in [0.1, 0.15) is 60.2 Å². The molecule has 32 heavy (non-hydrogen) atoms. The van der Waals surface area contributed by atoms with Crippen molar-refractivity contribution >= 4 is 23.8 Å². The molecule has 172 valence electrons. The lowest BCUT2D eigenvalue weighted by Gasteiger charge is -2.29. The third-order valence-corrected chi connectivity index (χ3v) is 4.10. The van der Waals surface area contributed by atoms with Gasteiger partial charge in [0.2, 0.25) is 0 Å². The van der Waals surface area contributed by atoms with Crippen LogP contribution < -0.4 is 10.6 Å².